The molecule has 1 aliphatic rings. The first-order valence-corrected chi connectivity index (χ1v) is 8.28. The van der Waals surface area contributed by atoms with Crippen LogP contribution in [0.5, 0.6) is 0 Å². The van der Waals surface area contributed by atoms with Gasteiger partial charge in [0.05, 0.1) is 0 Å². The van der Waals surface area contributed by atoms with Gasteiger partial charge in [-0.05, 0) is 12.8 Å². The predicted molar refractivity (Wildman–Crippen MR) is 73.5 cm³/mol. The second kappa shape index (κ2) is 4.44. The molecule has 3 N–H and O–H groups in total. The first-order chi connectivity index (χ1) is 9.05. The number of nitrogens with one attached hydrogen (secondary N) is 1. The number of nitrogens with zero attached hydrogens (tertiary/aromatic N) is 3. The molecule has 104 valence electrons. The van der Waals surface area contributed by atoms with E-state index in [-0.39, 0.29) is 16.9 Å². The third-order valence-electron chi connectivity index (χ3n) is 3.57. The lowest BCUT2D eigenvalue weighted by atomic mass is 9.94. The fourth-order valence-electron chi connectivity index (χ4n) is 2.19. The second-order valence-electron chi connectivity index (χ2n) is 4.57. The van der Waals surface area contributed by atoms with E-state index < -0.39 is 10.0 Å². The molecule has 1 aliphatic carbocycles. The number of hydrogen-bond donors (Lipinski definition) is 2. The van der Waals surface area contributed by atoms with Crippen molar-refractivity contribution in [1.29, 1.82) is 0 Å². The smallest absolute Gasteiger partial charge is 0.262 e. The van der Waals surface area contributed by atoms with Gasteiger partial charge in [0.15, 0.2) is 10.8 Å². The molecule has 1 saturated carbocycles. The zero-order valence-electron chi connectivity index (χ0n) is 10.4. The molecule has 0 spiro atoms. The van der Waals surface area contributed by atoms with Gasteiger partial charge in [-0.25, -0.2) is 14.3 Å². The van der Waals surface area contributed by atoms with Crippen LogP contribution in [0.15, 0.2) is 16.6 Å². The number of imidazole rings is 1. The number of aromatic nitrogens is 2. The van der Waals surface area contributed by atoms with Crippen molar-refractivity contribution in [1.82, 2.24) is 13.7 Å². The number of hydrogen-bond acceptors (Lipinski definition) is 6. The standard InChI is InChI=1S/C10H15N5O2S2/c1-14(7-3-2-4-7)19(16,17)9-8(13-11)12-10-15(9)5-6-18-10/h5-7,13H,2-4,11H2,1H3. The number of rotatable bonds is 4. The summed E-state index contributed by atoms with van der Waals surface area (Å²) in [5.41, 5.74) is 2.38. The van der Waals surface area contributed by atoms with Crippen LogP contribution in [0.1, 0.15) is 19.3 Å². The molecule has 0 aliphatic heterocycles. The van der Waals surface area contributed by atoms with Crippen molar-refractivity contribution < 1.29 is 8.42 Å². The molecule has 0 radical (unpaired) electrons. The summed E-state index contributed by atoms with van der Waals surface area (Å²) >= 11 is 1.37. The normalized spacial score (nSPS) is 17.0. The van der Waals surface area contributed by atoms with Crippen molar-refractivity contribution in [2.24, 2.45) is 5.84 Å². The van der Waals surface area contributed by atoms with Gasteiger partial charge in [0, 0.05) is 24.7 Å². The lowest BCUT2D eigenvalue weighted by Gasteiger charge is -2.33. The van der Waals surface area contributed by atoms with Crippen molar-refractivity contribution in [3.8, 4) is 0 Å². The fourth-order valence-corrected chi connectivity index (χ4v) is 4.58. The Labute approximate surface area is 115 Å². The number of thiazole rings is 1. The topological polar surface area (TPSA) is 92.7 Å². The number of hydrazine groups is 1. The highest BCUT2D eigenvalue weighted by atomic mass is 32.2. The zero-order valence-corrected chi connectivity index (χ0v) is 12.0. The molecule has 0 aromatic carbocycles. The first-order valence-electron chi connectivity index (χ1n) is 5.96. The monoisotopic (exact) mass is 301 g/mol. The van der Waals surface area contributed by atoms with Gasteiger partial charge in [-0.15, -0.1) is 11.3 Å². The van der Waals surface area contributed by atoms with Gasteiger partial charge in [0.2, 0.25) is 5.03 Å². The van der Waals surface area contributed by atoms with E-state index in [4.69, 9.17) is 5.84 Å². The third-order valence-corrected chi connectivity index (χ3v) is 6.26. The van der Waals surface area contributed by atoms with Crippen LogP contribution in [-0.4, -0.2) is 35.2 Å². The predicted octanol–water partition coefficient (Wildman–Crippen LogP) is 0.854. The summed E-state index contributed by atoms with van der Waals surface area (Å²) in [6, 6.07) is 0.0832. The van der Waals surface area contributed by atoms with E-state index in [2.05, 4.69) is 10.4 Å². The Balaban J connectivity index is 2.13. The summed E-state index contributed by atoms with van der Waals surface area (Å²) < 4.78 is 28.4. The Bertz CT molecular complexity index is 701. The van der Waals surface area contributed by atoms with E-state index >= 15 is 0 Å². The number of fused-ring (bicyclic) bond motifs is 1. The van der Waals surface area contributed by atoms with Gasteiger partial charge in [-0.1, -0.05) is 6.42 Å². The Kier molecular flexibility index (Phi) is 3.01. The summed E-state index contributed by atoms with van der Waals surface area (Å²) in [5.74, 6) is 5.58. The highest BCUT2D eigenvalue weighted by Crippen LogP contribution is 2.32. The SMILES string of the molecule is CN(C1CCC1)S(=O)(=O)c1c(NN)nc2sccn12. The summed E-state index contributed by atoms with van der Waals surface area (Å²) in [7, 11) is -1.98. The van der Waals surface area contributed by atoms with Crippen molar-refractivity contribution in [3.05, 3.63) is 11.6 Å². The lowest BCUT2D eigenvalue weighted by Crippen LogP contribution is -2.41. The van der Waals surface area contributed by atoms with E-state index in [0.717, 1.165) is 19.3 Å². The minimum atomic E-state index is -3.60. The van der Waals surface area contributed by atoms with Crippen LogP contribution < -0.4 is 11.3 Å². The van der Waals surface area contributed by atoms with E-state index in [1.54, 1.807) is 23.0 Å². The molecule has 1 fully saturated rings. The van der Waals surface area contributed by atoms with Crippen LogP contribution in [0, 0.1) is 0 Å². The highest BCUT2D eigenvalue weighted by Gasteiger charge is 2.36. The Hall–Kier alpha value is -1.16. The molecule has 2 aromatic heterocycles. The molecule has 19 heavy (non-hydrogen) atoms. The number of sulfonamides is 1. The molecule has 9 heteroatoms. The van der Waals surface area contributed by atoms with Gasteiger partial charge in [0.1, 0.15) is 0 Å². The van der Waals surface area contributed by atoms with Crippen molar-refractivity contribution in [2.75, 3.05) is 12.5 Å². The number of anilines is 1. The molecule has 2 aromatic rings. The van der Waals surface area contributed by atoms with Crippen molar-refractivity contribution in [3.63, 3.8) is 0 Å². The quantitative estimate of drug-likeness (QED) is 0.645. The fraction of sp³-hybridized carbons (Fsp3) is 0.500. The van der Waals surface area contributed by atoms with E-state index in [1.807, 2.05) is 0 Å². The lowest BCUT2D eigenvalue weighted by molar-refractivity contribution is 0.249. The van der Waals surface area contributed by atoms with E-state index in [1.165, 1.54) is 15.6 Å². The van der Waals surface area contributed by atoms with Gasteiger partial charge in [-0.2, -0.15) is 9.29 Å². The maximum Gasteiger partial charge on any atom is 0.262 e. The molecule has 0 amide bonds. The minimum absolute atomic E-state index is 0.0832. The minimum Gasteiger partial charge on any atom is -0.306 e. The third kappa shape index (κ3) is 1.84. The van der Waals surface area contributed by atoms with Crippen LogP contribution >= 0.6 is 11.3 Å². The van der Waals surface area contributed by atoms with Gasteiger partial charge >= 0.3 is 0 Å². The first kappa shape index (κ1) is 12.9. The molecule has 3 rings (SSSR count). The summed E-state index contributed by atoms with van der Waals surface area (Å²) in [5, 5.41) is 1.91. The molecule has 0 saturated heterocycles. The Morgan fingerprint density at radius 2 is 2.32 bits per heavy atom. The second-order valence-corrected chi connectivity index (χ2v) is 7.36. The van der Waals surface area contributed by atoms with Gasteiger partial charge in [0.25, 0.3) is 10.0 Å². The zero-order chi connectivity index (χ0) is 13.6. The summed E-state index contributed by atoms with van der Waals surface area (Å²) in [4.78, 5) is 4.79. The van der Waals surface area contributed by atoms with Crippen LogP contribution in [0.3, 0.4) is 0 Å². The van der Waals surface area contributed by atoms with Crippen molar-refractivity contribution in [2.45, 2.75) is 30.3 Å². The van der Waals surface area contributed by atoms with Crippen LogP contribution in [0.25, 0.3) is 4.96 Å². The largest absolute Gasteiger partial charge is 0.306 e. The average Bonchev–Trinajstić information content (AvgIpc) is 2.84. The molecule has 2 heterocycles. The van der Waals surface area contributed by atoms with Gasteiger partial charge < -0.3 is 5.43 Å². The summed E-state index contributed by atoms with van der Waals surface area (Å²) in [6.45, 7) is 0. The van der Waals surface area contributed by atoms with Crippen LogP contribution in [0.4, 0.5) is 5.82 Å². The average molecular weight is 301 g/mol. The van der Waals surface area contributed by atoms with Crippen molar-refractivity contribution >= 4 is 32.1 Å². The van der Waals surface area contributed by atoms with Gasteiger partial charge in [-0.3, -0.25) is 4.40 Å². The molecular formula is C10H15N5O2S2. The van der Waals surface area contributed by atoms with Crippen LogP contribution in [0.2, 0.25) is 0 Å². The molecule has 0 bridgehead atoms. The molecular weight excluding hydrogens is 286 g/mol. The number of nitrogens with two attached hydrogens (primary N) is 1. The number of nitrogen functional groups attached to an aromatic ring is 1. The Morgan fingerprint density at radius 3 is 2.89 bits per heavy atom. The Morgan fingerprint density at radius 1 is 1.58 bits per heavy atom. The molecule has 0 unspecified atom stereocenters. The van der Waals surface area contributed by atoms with E-state index in [9.17, 15) is 8.42 Å². The summed E-state index contributed by atoms with van der Waals surface area (Å²) in [6.07, 6.45) is 4.58. The maximum atomic E-state index is 12.7. The molecule has 0 atom stereocenters. The highest BCUT2D eigenvalue weighted by molar-refractivity contribution is 7.89. The van der Waals surface area contributed by atoms with E-state index in [0.29, 0.717) is 4.96 Å². The molecule has 7 nitrogen and oxygen atoms in total. The van der Waals surface area contributed by atoms with Crippen LogP contribution in [-0.2, 0) is 10.0 Å². The maximum absolute atomic E-state index is 12.7.